The minimum absolute atomic E-state index is 0.0369. The molecule has 7 heteroatoms. The molecule has 22 heavy (non-hydrogen) atoms. The Morgan fingerprint density at radius 1 is 1.09 bits per heavy atom. The van der Waals surface area contributed by atoms with Gasteiger partial charge in [0, 0.05) is 17.5 Å². The first-order valence-electron chi connectivity index (χ1n) is 6.52. The average Bonchev–Trinajstić information content (AvgIpc) is 2.50. The average molecular weight is 343 g/mol. The zero-order valence-corrected chi connectivity index (χ0v) is 13.7. The van der Waals surface area contributed by atoms with Gasteiger partial charge in [-0.1, -0.05) is 0 Å². The summed E-state index contributed by atoms with van der Waals surface area (Å²) in [5.74, 6) is -1.66. The van der Waals surface area contributed by atoms with Crippen LogP contribution in [0.3, 0.4) is 0 Å². The molecule has 0 unspecified atom stereocenters. The van der Waals surface area contributed by atoms with Crippen molar-refractivity contribution in [3.63, 3.8) is 0 Å². The monoisotopic (exact) mass is 343 g/mol. The molecule has 0 atom stereocenters. The molecule has 0 aromatic heterocycles. The molecule has 0 aliphatic heterocycles. The van der Waals surface area contributed by atoms with E-state index in [4.69, 9.17) is 0 Å². The molecule has 2 rings (SSSR count). The van der Waals surface area contributed by atoms with Crippen LogP contribution in [0, 0.1) is 11.6 Å². The molecule has 3 nitrogen and oxygen atoms in total. The Morgan fingerprint density at radius 2 is 1.73 bits per heavy atom. The Morgan fingerprint density at radius 3 is 2.23 bits per heavy atom. The van der Waals surface area contributed by atoms with Crippen LogP contribution in [-0.4, -0.2) is 21.2 Å². The number of anilines is 1. The SMILES string of the molecule is CCN(c1ccc(F)cc1F)S(=O)(=O)c1ccc(SC)cc1. The summed E-state index contributed by atoms with van der Waals surface area (Å²) < 4.78 is 53.2. The molecule has 0 bridgehead atoms. The summed E-state index contributed by atoms with van der Waals surface area (Å²) in [6.45, 7) is 1.63. The Labute approximate surface area is 133 Å². The van der Waals surface area contributed by atoms with Crippen molar-refractivity contribution in [3.05, 3.63) is 54.1 Å². The van der Waals surface area contributed by atoms with Gasteiger partial charge in [0.05, 0.1) is 10.6 Å². The first kappa shape index (κ1) is 16.8. The molecular formula is C15H15F2NO2S2. The van der Waals surface area contributed by atoms with Crippen molar-refractivity contribution in [1.82, 2.24) is 0 Å². The fourth-order valence-electron chi connectivity index (χ4n) is 2.03. The first-order chi connectivity index (χ1) is 10.4. The second-order valence-electron chi connectivity index (χ2n) is 4.44. The highest BCUT2D eigenvalue weighted by Gasteiger charge is 2.25. The predicted molar refractivity (Wildman–Crippen MR) is 84.8 cm³/mol. The Hall–Kier alpha value is -1.60. The molecule has 2 aromatic rings. The van der Waals surface area contributed by atoms with Crippen LogP contribution in [0.15, 0.2) is 52.3 Å². The fourth-order valence-corrected chi connectivity index (χ4v) is 3.92. The Balaban J connectivity index is 2.48. The molecule has 0 saturated heterocycles. The van der Waals surface area contributed by atoms with Crippen LogP contribution >= 0.6 is 11.8 Å². The van der Waals surface area contributed by atoms with Gasteiger partial charge in [0.15, 0.2) is 0 Å². The lowest BCUT2D eigenvalue weighted by Crippen LogP contribution is -2.31. The van der Waals surface area contributed by atoms with E-state index in [0.717, 1.165) is 21.3 Å². The first-order valence-corrected chi connectivity index (χ1v) is 9.18. The summed E-state index contributed by atoms with van der Waals surface area (Å²) in [5.41, 5.74) is -0.169. The number of nitrogens with zero attached hydrogens (tertiary/aromatic N) is 1. The molecule has 0 heterocycles. The van der Waals surface area contributed by atoms with Crippen LogP contribution in [0.2, 0.25) is 0 Å². The molecule has 0 aliphatic carbocycles. The summed E-state index contributed by atoms with van der Waals surface area (Å²) in [7, 11) is -3.90. The van der Waals surface area contributed by atoms with Crippen molar-refractivity contribution >= 4 is 27.5 Å². The third-order valence-corrected chi connectivity index (χ3v) is 5.76. The number of hydrogen-bond donors (Lipinski definition) is 0. The van der Waals surface area contributed by atoms with E-state index >= 15 is 0 Å². The third kappa shape index (κ3) is 3.25. The molecule has 0 amide bonds. The van der Waals surface area contributed by atoms with Gasteiger partial charge in [-0.25, -0.2) is 17.2 Å². The van der Waals surface area contributed by atoms with Gasteiger partial charge in [0.25, 0.3) is 10.0 Å². The van der Waals surface area contributed by atoms with Crippen molar-refractivity contribution in [1.29, 1.82) is 0 Å². The highest BCUT2D eigenvalue weighted by atomic mass is 32.2. The summed E-state index contributed by atoms with van der Waals surface area (Å²) in [6, 6.07) is 9.16. The molecule has 2 aromatic carbocycles. The van der Waals surface area contributed by atoms with Crippen LogP contribution in [0.5, 0.6) is 0 Å². The smallest absolute Gasteiger partial charge is 0.264 e. The maximum absolute atomic E-state index is 13.9. The van der Waals surface area contributed by atoms with E-state index in [9.17, 15) is 17.2 Å². The van der Waals surface area contributed by atoms with Crippen LogP contribution in [0.4, 0.5) is 14.5 Å². The van der Waals surface area contributed by atoms with Gasteiger partial charge < -0.3 is 0 Å². The van der Waals surface area contributed by atoms with E-state index in [0.29, 0.717) is 6.07 Å². The van der Waals surface area contributed by atoms with Crippen molar-refractivity contribution < 1.29 is 17.2 Å². The molecular weight excluding hydrogens is 328 g/mol. The zero-order chi connectivity index (χ0) is 16.3. The highest BCUT2D eigenvalue weighted by Crippen LogP contribution is 2.27. The van der Waals surface area contributed by atoms with Crippen molar-refractivity contribution in [2.24, 2.45) is 0 Å². The standard InChI is InChI=1S/C15H15F2NO2S2/c1-3-18(15-9-4-11(16)10-14(15)17)22(19,20)13-7-5-12(21-2)6-8-13/h4-10H,3H2,1-2H3. The molecule has 0 N–H and O–H groups in total. The van der Waals surface area contributed by atoms with E-state index in [2.05, 4.69) is 0 Å². The molecule has 0 radical (unpaired) electrons. The fraction of sp³-hybridized carbons (Fsp3) is 0.200. The van der Waals surface area contributed by atoms with Crippen LogP contribution < -0.4 is 4.31 Å². The molecule has 0 saturated carbocycles. The normalized spacial score (nSPS) is 11.5. The van der Waals surface area contributed by atoms with Crippen molar-refractivity contribution in [2.45, 2.75) is 16.7 Å². The number of rotatable bonds is 5. The quantitative estimate of drug-likeness (QED) is 0.773. The second kappa shape index (κ2) is 6.66. The van der Waals surface area contributed by atoms with Gasteiger partial charge in [-0.15, -0.1) is 11.8 Å². The van der Waals surface area contributed by atoms with E-state index < -0.39 is 21.7 Å². The lowest BCUT2D eigenvalue weighted by atomic mass is 10.3. The van der Waals surface area contributed by atoms with E-state index in [-0.39, 0.29) is 17.1 Å². The third-order valence-electron chi connectivity index (χ3n) is 3.11. The van der Waals surface area contributed by atoms with Crippen LogP contribution in [0.25, 0.3) is 0 Å². The number of benzene rings is 2. The number of halogens is 2. The minimum Gasteiger partial charge on any atom is -0.264 e. The summed E-state index contributed by atoms with van der Waals surface area (Å²) >= 11 is 1.49. The number of sulfonamides is 1. The van der Waals surface area contributed by atoms with E-state index in [1.165, 1.54) is 23.9 Å². The largest absolute Gasteiger partial charge is 0.264 e. The summed E-state index contributed by atoms with van der Waals surface area (Å²) in [4.78, 5) is 0.992. The predicted octanol–water partition coefficient (Wildman–Crippen LogP) is 3.90. The van der Waals surface area contributed by atoms with E-state index in [1.807, 2.05) is 6.26 Å². The number of hydrogen-bond acceptors (Lipinski definition) is 3. The van der Waals surface area contributed by atoms with Gasteiger partial charge in [-0.2, -0.15) is 0 Å². The highest BCUT2D eigenvalue weighted by molar-refractivity contribution is 7.98. The minimum atomic E-state index is -3.90. The second-order valence-corrected chi connectivity index (χ2v) is 7.18. The zero-order valence-electron chi connectivity index (χ0n) is 12.1. The van der Waals surface area contributed by atoms with Gasteiger partial charge in [-0.05, 0) is 49.6 Å². The van der Waals surface area contributed by atoms with Crippen LogP contribution in [0.1, 0.15) is 6.92 Å². The van der Waals surface area contributed by atoms with Crippen molar-refractivity contribution in [2.75, 3.05) is 17.1 Å². The summed E-state index contributed by atoms with van der Waals surface area (Å²) in [6.07, 6.45) is 1.88. The maximum Gasteiger partial charge on any atom is 0.264 e. The Bertz CT molecular complexity index is 762. The lowest BCUT2D eigenvalue weighted by molar-refractivity contribution is 0.574. The van der Waals surface area contributed by atoms with Gasteiger partial charge in [0.1, 0.15) is 11.6 Å². The molecule has 0 spiro atoms. The van der Waals surface area contributed by atoms with E-state index in [1.54, 1.807) is 19.1 Å². The summed E-state index contributed by atoms with van der Waals surface area (Å²) in [5, 5.41) is 0. The maximum atomic E-state index is 13.9. The molecule has 0 fully saturated rings. The van der Waals surface area contributed by atoms with Gasteiger partial charge >= 0.3 is 0 Å². The molecule has 0 aliphatic rings. The lowest BCUT2D eigenvalue weighted by Gasteiger charge is -2.23. The van der Waals surface area contributed by atoms with Gasteiger partial charge in [0.2, 0.25) is 0 Å². The van der Waals surface area contributed by atoms with Crippen LogP contribution in [-0.2, 0) is 10.0 Å². The van der Waals surface area contributed by atoms with Gasteiger partial charge in [-0.3, -0.25) is 4.31 Å². The number of thioether (sulfide) groups is 1. The topological polar surface area (TPSA) is 37.4 Å². The van der Waals surface area contributed by atoms with Crippen molar-refractivity contribution in [3.8, 4) is 0 Å². The Kier molecular flexibility index (Phi) is 5.08. The molecule has 118 valence electrons.